The number of ether oxygens (including phenoxy) is 1. The largest absolute Gasteiger partial charge is 0.461 e. The molecule has 0 unspecified atom stereocenters. The van der Waals surface area contributed by atoms with Crippen LogP contribution in [0.1, 0.15) is 12.5 Å². The number of anilines is 1. The number of esters is 1. The average Bonchev–Trinajstić information content (AvgIpc) is 2.46. The van der Waals surface area contributed by atoms with E-state index < -0.39 is 16.0 Å². The monoisotopic (exact) mass is 373 g/mol. The van der Waals surface area contributed by atoms with Gasteiger partial charge in [-0.2, -0.15) is 0 Å². The Kier molecular flexibility index (Phi) is 5.51. The molecular formula is C15H13Cl2NO4S. The minimum atomic E-state index is -3.82. The molecule has 8 heteroatoms. The van der Waals surface area contributed by atoms with E-state index in [0.29, 0.717) is 15.6 Å². The first-order valence-electron chi connectivity index (χ1n) is 6.48. The summed E-state index contributed by atoms with van der Waals surface area (Å²) < 4.78 is 32.2. The summed E-state index contributed by atoms with van der Waals surface area (Å²) in [6.45, 7) is 1.21. The smallest absolute Gasteiger partial charge is 0.302 e. The first kappa shape index (κ1) is 17.6. The van der Waals surface area contributed by atoms with Crippen molar-refractivity contribution in [3.8, 4) is 0 Å². The Hall–Kier alpha value is -1.76. The fourth-order valence-corrected chi connectivity index (χ4v) is 3.16. The van der Waals surface area contributed by atoms with Crippen LogP contribution in [-0.2, 0) is 26.2 Å². The number of halogens is 2. The van der Waals surface area contributed by atoms with Crippen molar-refractivity contribution in [2.24, 2.45) is 0 Å². The van der Waals surface area contributed by atoms with Gasteiger partial charge in [-0.1, -0.05) is 29.3 Å². The molecule has 23 heavy (non-hydrogen) atoms. The normalized spacial score (nSPS) is 11.1. The molecule has 2 aromatic rings. The topological polar surface area (TPSA) is 72.5 Å². The molecule has 0 heterocycles. The van der Waals surface area contributed by atoms with E-state index >= 15 is 0 Å². The summed E-state index contributed by atoms with van der Waals surface area (Å²) in [4.78, 5) is 11.0. The standard InChI is InChI=1S/C15H13Cl2NO4S/c1-10(19)22-9-11-2-3-13(17)8-15(11)18-23(20,21)14-6-4-12(16)5-7-14/h2-8,18H,9H2,1H3. The molecule has 0 saturated carbocycles. The van der Waals surface area contributed by atoms with E-state index in [1.54, 1.807) is 12.1 Å². The van der Waals surface area contributed by atoms with Crippen LogP contribution in [-0.4, -0.2) is 14.4 Å². The summed E-state index contributed by atoms with van der Waals surface area (Å²) in [6, 6.07) is 10.4. The molecular weight excluding hydrogens is 361 g/mol. The number of carbonyl (C=O) groups excluding carboxylic acids is 1. The second-order valence-corrected chi connectivity index (χ2v) is 7.20. The summed E-state index contributed by atoms with van der Waals surface area (Å²) in [5.41, 5.74) is 0.732. The Morgan fingerprint density at radius 2 is 1.70 bits per heavy atom. The van der Waals surface area contributed by atoms with Crippen molar-refractivity contribution in [2.45, 2.75) is 18.4 Å². The van der Waals surface area contributed by atoms with E-state index in [0.717, 1.165) is 0 Å². The van der Waals surface area contributed by atoms with Crippen molar-refractivity contribution in [2.75, 3.05) is 4.72 Å². The van der Waals surface area contributed by atoms with Crippen LogP contribution in [0.5, 0.6) is 0 Å². The molecule has 0 aliphatic rings. The maximum absolute atomic E-state index is 12.4. The number of nitrogens with one attached hydrogen (secondary N) is 1. The van der Waals surface area contributed by atoms with E-state index in [9.17, 15) is 13.2 Å². The number of carbonyl (C=O) groups is 1. The lowest BCUT2D eigenvalue weighted by Gasteiger charge is -2.13. The molecule has 0 saturated heterocycles. The van der Waals surface area contributed by atoms with Gasteiger partial charge in [0.15, 0.2) is 0 Å². The van der Waals surface area contributed by atoms with Crippen molar-refractivity contribution in [1.82, 2.24) is 0 Å². The Morgan fingerprint density at radius 1 is 1.09 bits per heavy atom. The van der Waals surface area contributed by atoms with Crippen LogP contribution in [0.2, 0.25) is 10.0 Å². The Labute approximate surface area is 144 Å². The number of sulfonamides is 1. The molecule has 2 rings (SSSR count). The molecule has 0 amide bonds. The molecule has 0 aliphatic heterocycles. The van der Waals surface area contributed by atoms with Gasteiger partial charge in [0.2, 0.25) is 0 Å². The van der Waals surface area contributed by atoms with Gasteiger partial charge in [0.25, 0.3) is 10.0 Å². The lowest BCUT2D eigenvalue weighted by molar-refractivity contribution is -0.142. The predicted octanol–water partition coefficient (Wildman–Crippen LogP) is 3.86. The Balaban J connectivity index is 2.32. The van der Waals surface area contributed by atoms with Gasteiger partial charge in [0.1, 0.15) is 6.61 Å². The zero-order valence-electron chi connectivity index (χ0n) is 12.0. The molecule has 0 aromatic heterocycles. The van der Waals surface area contributed by atoms with Crippen molar-refractivity contribution >= 4 is 44.9 Å². The third kappa shape index (κ3) is 4.86. The highest BCUT2D eigenvalue weighted by Gasteiger charge is 2.16. The lowest BCUT2D eigenvalue weighted by atomic mass is 10.2. The quantitative estimate of drug-likeness (QED) is 0.807. The average molecular weight is 374 g/mol. The fraction of sp³-hybridized carbons (Fsp3) is 0.133. The number of hydrogen-bond donors (Lipinski definition) is 1. The molecule has 0 spiro atoms. The van der Waals surface area contributed by atoms with E-state index in [-0.39, 0.29) is 17.2 Å². The second kappa shape index (κ2) is 7.21. The van der Waals surface area contributed by atoms with Gasteiger partial charge in [0, 0.05) is 22.5 Å². The number of rotatable bonds is 5. The Bertz CT molecular complexity index is 820. The summed E-state index contributed by atoms with van der Waals surface area (Å²) in [5.74, 6) is -0.466. The van der Waals surface area contributed by atoms with Crippen LogP contribution in [0, 0.1) is 0 Å². The fourth-order valence-electron chi connectivity index (χ4n) is 1.77. The maximum atomic E-state index is 12.4. The highest BCUT2D eigenvalue weighted by molar-refractivity contribution is 7.92. The van der Waals surface area contributed by atoms with Crippen LogP contribution in [0.15, 0.2) is 47.4 Å². The SMILES string of the molecule is CC(=O)OCc1ccc(Cl)cc1NS(=O)(=O)c1ccc(Cl)cc1. The zero-order chi connectivity index (χ0) is 17.0. The van der Waals surface area contributed by atoms with Gasteiger partial charge in [-0.3, -0.25) is 9.52 Å². The molecule has 122 valence electrons. The van der Waals surface area contributed by atoms with Crippen molar-refractivity contribution < 1.29 is 17.9 Å². The van der Waals surface area contributed by atoms with Gasteiger partial charge in [-0.15, -0.1) is 0 Å². The minimum Gasteiger partial charge on any atom is -0.461 e. The molecule has 0 radical (unpaired) electrons. The van der Waals surface area contributed by atoms with Crippen molar-refractivity contribution in [1.29, 1.82) is 0 Å². The minimum absolute atomic E-state index is 0.0558. The lowest BCUT2D eigenvalue weighted by Crippen LogP contribution is -2.14. The summed E-state index contributed by atoms with van der Waals surface area (Å²) in [5, 5.41) is 0.785. The molecule has 1 N–H and O–H groups in total. The van der Waals surface area contributed by atoms with E-state index in [1.165, 1.54) is 37.3 Å². The van der Waals surface area contributed by atoms with Gasteiger partial charge < -0.3 is 4.74 Å². The Morgan fingerprint density at radius 3 is 2.30 bits per heavy atom. The molecule has 0 aliphatic carbocycles. The first-order chi connectivity index (χ1) is 10.8. The molecule has 2 aromatic carbocycles. The molecule has 0 fully saturated rings. The highest BCUT2D eigenvalue weighted by Crippen LogP contribution is 2.25. The maximum Gasteiger partial charge on any atom is 0.302 e. The van der Waals surface area contributed by atoms with Gasteiger partial charge in [-0.25, -0.2) is 8.42 Å². The van der Waals surface area contributed by atoms with Crippen LogP contribution in [0.3, 0.4) is 0 Å². The van der Waals surface area contributed by atoms with E-state index in [1.807, 2.05) is 0 Å². The zero-order valence-corrected chi connectivity index (χ0v) is 14.4. The van der Waals surface area contributed by atoms with Gasteiger partial charge in [0.05, 0.1) is 10.6 Å². The number of benzene rings is 2. The third-order valence-electron chi connectivity index (χ3n) is 2.87. The van der Waals surface area contributed by atoms with Crippen LogP contribution in [0.25, 0.3) is 0 Å². The third-order valence-corrected chi connectivity index (χ3v) is 4.74. The highest BCUT2D eigenvalue weighted by atomic mass is 35.5. The van der Waals surface area contributed by atoms with E-state index in [2.05, 4.69) is 4.72 Å². The number of hydrogen-bond acceptors (Lipinski definition) is 4. The van der Waals surface area contributed by atoms with Gasteiger partial charge >= 0.3 is 5.97 Å². The second-order valence-electron chi connectivity index (χ2n) is 4.64. The molecule has 5 nitrogen and oxygen atoms in total. The summed E-state index contributed by atoms with van der Waals surface area (Å²) >= 11 is 11.7. The van der Waals surface area contributed by atoms with Crippen LogP contribution >= 0.6 is 23.2 Å². The molecule has 0 atom stereocenters. The van der Waals surface area contributed by atoms with Crippen LogP contribution in [0.4, 0.5) is 5.69 Å². The van der Waals surface area contributed by atoms with Crippen molar-refractivity contribution in [3.63, 3.8) is 0 Å². The van der Waals surface area contributed by atoms with E-state index in [4.69, 9.17) is 27.9 Å². The predicted molar refractivity (Wildman–Crippen MR) is 89.2 cm³/mol. The summed E-state index contributed by atoms with van der Waals surface area (Å²) in [6.07, 6.45) is 0. The van der Waals surface area contributed by atoms with Gasteiger partial charge in [-0.05, 0) is 36.4 Å². The first-order valence-corrected chi connectivity index (χ1v) is 8.72. The van der Waals surface area contributed by atoms with Crippen molar-refractivity contribution in [3.05, 3.63) is 58.1 Å². The summed E-state index contributed by atoms with van der Waals surface area (Å²) in [7, 11) is -3.82. The molecule has 0 bridgehead atoms. The van der Waals surface area contributed by atoms with Crippen LogP contribution < -0.4 is 4.72 Å².